The maximum absolute atomic E-state index is 12.3. The lowest BCUT2D eigenvalue weighted by Gasteiger charge is -2.10. The van der Waals surface area contributed by atoms with Crippen molar-refractivity contribution in [2.75, 3.05) is 5.75 Å². The van der Waals surface area contributed by atoms with Gasteiger partial charge in [-0.2, -0.15) is 13.2 Å². The fraction of sp³-hybridized carbons (Fsp3) is 0.400. The van der Waals surface area contributed by atoms with Crippen LogP contribution in [0.5, 0.6) is 5.75 Å². The third kappa shape index (κ3) is 3.62. The van der Waals surface area contributed by atoms with Gasteiger partial charge in [-0.1, -0.05) is 13.0 Å². The first-order chi connectivity index (χ1) is 7.65. The minimum atomic E-state index is -4.65. The van der Waals surface area contributed by atoms with E-state index in [1.54, 1.807) is 0 Å². The molecule has 0 fully saturated rings. The fourth-order valence-corrected chi connectivity index (χ4v) is 2.15. The Morgan fingerprint density at radius 1 is 1.29 bits per heavy atom. The van der Waals surface area contributed by atoms with Gasteiger partial charge in [0.05, 0.1) is 11.3 Å². The highest BCUT2D eigenvalue weighted by atomic mass is 32.2. The van der Waals surface area contributed by atoms with Crippen LogP contribution in [-0.4, -0.2) is 19.3 Å². The third-order valence-electron chi connectivity index (χ3n) is 2.19. The molecule has 0 heterocycles. The van der Waals surface area contributed by atoms with Crippen molar-refractivity contribution < 1.29 is 26.7 Å². The monoisotopic (exact) mass is 268 g/mol. The molecule has 0 atom stereocenters. The van der Waals surface area contributed by atoms with E-state index in [0.717, 1.165) is 12.1 Å². The number of rotatable bonds is 3. The Labute approximate surface area is 96.8 Å². The number of phenolic OH excluding ortho intramolecular Hbond substituents is 1. The summed E-state index contributed by atoms with van der Waals surface area (Å²) in [5.41, 5.74) is -1.03. The van der Waals surface area contributed by atoms with E-state index in [9.17, 15) is 26.7 Å². The van der Waals surface area contributed by atoms with Gasteiger partial charge in [0.15, 0.2) is 9.84 Å². The Hall–Kier alpha value is -1.24. The van der Waals surface area contributed by atoms with Gasteiger partial charge in [-0.25, -0.2) is 8.42 Å². The van der Waals surface area contributed by atoms with Crippen LogP contribution in [0.1, 0.15) is 18.1 Å². The summed E-state index contributed by atoms with van der Waals surface area (Å²) in [6.45, 7) is 1.44. The molecule has 7 heteroatoms. The van der Waals surface area contributed by atoms with Crippen molar-refractivity contribution in [1.82, 2.24) is 0 Å². The molecular formula is C10H11F3O3S. The van der Waals surface area contributed by atoms with E-state index in [-0.39, 0.29) is 17.1 Å². The zero-order chi connectivity index (χ0) is 13.3. The maximum Gasteiger partial charge on any atom is 0.419 e. The molecule has 96 valence electrons. The Kier molecular flexibility index (Phi) is 3.71. The van der Waals surface area contributed by atoms with Crippen LogP contribution >= 0.6 is 0 Å². The summed E-state index contributed by atoms with van der Waals surface area (Å²) in [7, 11) is -3.33. The van der Waals surface area contributed by atoms with Crippen LogP contribution in [0.2, 0.25) is 0 Å². The molecule has 0 aliphatic rings. The highest BCUT2D eigenvalue weighted by Crippen LogP contribution is 2.36. The van der Waals surface area contributed by atoms with Crippen molar-refractivity contribution in [3.05, 3.63) is 29.3 Å². The van der Waals surface area contributed by atoms with E-state index in [4.69, 9.17) is 0 Å². The highest BCUT2D eigenvalue weighted by Gasteiger charge is 2.33. The molecular weight excluding hydrogens is 257 g/mol. The minimum absolute atomic E-state index is 0.102. The van der Waals surface area contributed by atoms with Crippen LogP contribution in [0.15, 0.2) is 18.2 Å². The summed E-state index contributed by atoms with van der Waals surface area (Å²) >= 11 is 0. The lowest BCUT2D eigenvalue weighted by atomic mass is 10.1. The van der Waals surface area contributed by atoms with Crippen molar-refractivity contribution in [2.24, 2.45) is 0 Å². The van der Waals surface area contributed by atoms with Crippen LogP contribution in [0.4, 0.5) is 13.2 Å². The lowest BCUT2D eigenvalue weighted by molar-refractivity contribution is -0.138. The molecule has 0 amide bonds. The molecule has 0 aromatic heterocycles. The fourth-order valence-electron chi connectivity index (χ4n) is 1.26. The predicted molar refractivity (Wildman–Crippen MR) is 56.3 cm³/mol. The molecule has 0 aliphatic carbocycles. The number of benzene rings is 1. The van der Waals surface area contributed by atoms with Crippen LogP contribution in [-0.2, 0) is 21.8 Å². The van der Waals surface area contributed by atoms with Crippen molar-refractivity contribution >= 4 is 9.84 Å². The number of phenols is 1. The zero-order valence-electron chi connectivity index (χ0n) is 8.95. The largest absolute Gasteiger partial charge is 0.507 e. The summed E-state index contributed by atoms with van der Waals surface area (Å²) in [5, 5.41) is 9.18. The smallest absolute Gasteiger partial charge is 0.419 e. The zero-order valence-corrected chi connectivity index (χ0v) is 9.77. The molecule has 0 unspecified atom stereocenters. The summed E-state index contributed by atoms with van der Waals surface area (Å²) in [4.78, 5) is 0. The summed E-state index contributed by atoms with van der Waals surface area (Å²) < 4.78 is 59.4. The molecule has 17 heavy (non-hydrogen) atoms. The molecule has 0 aliphatic heterocycles. The van der Waals surface area contributed by atoms with E-state index < -0.39 is 27.3 Å². The van der Waals surface area contributed by atoms with E-state index in [1.807, 2.05) is 0 Å². The second-order valence-corrected chi connectivity index (χ2v) is 5.88. The third-order valence-corrected chi connectivity index (χ3v) is 3.85. The van der Waals surface area contributed by atoms with E-state index in [1.165, 1.54) is 6.92 Å². The average Bonchev–Trinajstić information content (AvgIpc) is 2.15. The molecule has 3 nitrogen and oxygen atoms in total. The Balaban J connectivity index is 3.06. The van der Waals surface area contributed by atoms with Gasteiger partial charge in [-0.15, -0.1) is 0 Å². The molecule has 0 radical (unpaired) electrons. The molecule has 1 aromatic rings. The maximum atomic E-state index is 12.3. The van der Waals surface area contributed by atoms with Crippen LogP contribution < -0.4 is 0 Å². The van der Waals surface area contributed by atoms with Gasteiger partial charge in [0.25, 0.3) is 0 Å². The number of sulfone groups is 1. The lowest BCUT2D eigenvalue weighted by Crippen LogP contribution is -2.08. The second kappa shape index (κ2) is 4.56. The van der Waals surface area contributed by atoms with E-state index in [0.29, 0.717) is 6.07 Å². The van der Waals surface area contributed by atoms with Crippen LogP contribution in [0.3, 0.4) is 0 Å². The molecule has 0 saturated heterocycles. The standard InChI is InChI=1S/C10H11F3O3S/c1-2-17(15,16)6-7-3-4-8(9(14)5-7)10(11,12)13/h3-5,14H,2,6H2,1H3. The topological polar surface area (TPSA) is 54.4 Å². The first kappa shape index (κ1) is 13.8. The first-order valence-corrected chi connectivity index (χ1v) is 6.57. The molecule has 1 N–H and O–H groups in total. The minimum Gasteiger partial charge on any atom is -0.507 e. The average molecular weight is 268 g/mol. The van der Waals surface area contributed by atoms with Gasteiger partial charge in [-0.3, -0.25) is 0 Å². The van der Waals surface area contributed by atoms with Gasteiger partial charge in [-0.05, 0) is 17.7 Å². The second-order valence-electron chi connectivity index (χ2n) is 3.53. The first-order valence-electron chi connectivity index (χ1n) is 4.75. The van der Waals surface area contributed by atoms with Crippen molar-refractivity contribution in [2.45, 2.75) is 18.9 Å². The van der Waals surface area contributed by atoms with Gasteiger partial charge in [0.1, 0.15) is 5.75 Å². The Morgan fingerprint density at radius 3 is 2.29 bits per heavy atom. The summed E-state index contributed by atoms with van der Waals surface area (Å²) in [6, 6.07) is 2.56. The SMILES string of the molecule is CCS(=O)(=O)Cc1ccc(C(F)(F)F)c(O)c1. The quantitative estimate of drug-likeness (QED) is 0.915. The van der Waals surface area contributed by atoms with Gasteiger partial charge in [0.2, 0.25) is 0 Å². The number of hydrogen-bond donors (Lipinski definition) is 1. The number of alkyl halides is 3. The van der Waals surface area contributed by atoms with Crippen molar-refractivity contribution in [3.63, 3.8) is 0 Å². The van der Waals surface area contributed by atoms with Crippen LogP contribution in [0.25, 0.3) is 0 Å². The van der Waals surface area contributed by atoms with Crippen molar-refractivity contribution in [3.8, 4) is 5.75 Å². The molecule has 0 spiro atoms. The Bertz CT molecular complexity index is 506. The normalized spacial score (nSPS) is 12.7. The van der Waals surface area contributed by atoms with E-state index >= 15 is 0 Å². The van der Waals surface area contributed by atoms with E-state index in [2.05, 4.69) is 0 Å². The van der Waals surface area contributed by atoms with Crippen LogP contribution in [0, 0.1) is 0 Å². The number of halogens is 3. The molecule has 0 saturated carbocycles. The Morgan fingerprint density at radius 2 is 1.88 bits per heavy atom. The number of aromatic hydroxyl groups is 1. The van der Waals surface area contributed by atoms with Gasteiger partial charge in [0, 0.05) is 5.75 Å². The summed E-state index contributed by atoms with van der Waals surface area (Å²) in [6.07, 6.45) is -4.65. The molecule has 0 bridgehead atoms. The van der Waals surface area contributed by atoms with Crippen molar-refractivity contribution in [1.29, 1.82) is 0 Å². The van der Waals surface area contributed by atoms with Gasteiger partial charge < -0.3 is 5.11 Å². The molecule has 1 aromatic carbocycles. The summed E-state index contributed by atoms with van der Waals surface area (Å²) in [5.74, 6) is -1.44. The predicted octanol–water partition coefficient (Wildman–Crippen LogP) is 2.35. The highest BCUT2D eigenvalue weighted by molar-refractivity contribution is 7.90. The molecule has 1 rings (SSSR count). The number of hydrogen-bond acceptors (Lipinski definition) is 3. The van der Waals surface area contributed by atoms with Gasteiger partial charge >= 0.3 is 6.18 Å².